The van der Waals surface area contributed by atoms with E-state index in [1.54, 1.807) is 18.6 Å². The van der Waals surface area contributed by atoms with Gasteiger partial charge in [0.05, 0.1) is 0 Å². The van der Waals surface area contributed by atoms with Crippen LogP contribution in [0.3, 0.4) is 0 Å². The standard InChI is InChI=1S/C12H11N3S/c16-12(11-4-2-6-14-9-11)15-8-10-3-1-5-13-7-10/h1-7,9H,8H2,(H,15,16). The second kappa shape index (κ2) is 5.32. The Hall–Kier alpha value is -1.81. The lowest BCUT2D eigenvalue weighted by molar-refractivity contribution is 0.918. The number of thiocarbonyl (C=S) groups is 1. The van der Waals surface area contributed by atoms with Crippen molar-refractivity contribution in [2.45, 2.75) is 6.54 Å². The highest BCUT2D eigenvalue weighted by Gasteiger charge is 1.99. The van der Waals surface area contributed by atoms with E-state index in [1.165, 1.54) is 0 Å². The Morgan fingerprint density at radius 1 is 1.12 bits per heavy atom. The molecule has 4 heteroatoms. The fourth-order valence-corrected chi connectivity index (χ4v) is 1.48. The summed E-state index contributed by atoms with van der Waals surface area (Å²) in [5.41, 5.74) is 2.04. The smallest absolute Gasteiger partial charge is 0.108 e. The van der Waals surface area contributed by atoms with Gasteiger partial charge in [-0.3, -0.25) is 9.97 Å². The third kappa shape index (κ3) is 2.84. The van der Waals surface area contributed by atoms with Gasteiger partial charge < -0.3 is 5.32 Å². The minimum Gasteiger partial charge on any atom is -0.372 e. The van der Waals surface area contributed by atoms with Crippen molar-refractivity contribution in [3.05, 3.63) is 60.2 Å². The Balaban J connectivity index is 1.95. The molecular weight excluding hydrogens is 218 g/mol. The van der Waals surface area contributed by atoms with E-state index in [9.17, 15) is 0 Å². The molecule has 3 nitrogen and oxygen atoms in total. The van der Waals surface area contributed by atoms with Crippen LogP contribution in [0.25, 0.3) is 0 Å². The van der Waals surface area contributed by atoms with Crippen molar-refractivity contribution in [2.75, 3.05) is 0 Å². The van der Waals surface area contributed by atoms with Gasteiger partial charge in [-0.25, -0.2) is 0 Å². The fourth-order valence-electron chi connectivity index (χ4n) is 1.28. The summed E-state index contributed by atoms with van der Waals surface area (Å²) in [4.78, 5) is 8.77. The minimum absolute atomic E-state index is 0.682. The van der Waals surface area contributed by atoms with Crippen molar-refractivity contribution >= 4 is 17.2 Å². The molecule has 2 aromatic rings. The van der Waals surface area contributed by atoms with E-state index in [4.69, 9.17) is 12.2 Å². The molecule has 0 atom stereocenters. The lowest BCUT2D eigenvalue weighted by Crippen LogP contribution is -2.21. The summed E-state index contributed by atoms with van der Waals surface area (Å²) in [6.45, 7) is 0.682. The van der Waals surface area contributed by atoms with Crippen molar-refractivity contribution in [1.29, 1.82) is 0 Å². The molecule has 2 aromatic heterocycles. The quantitative estimate of drug-likeness (QED) is 0.816. The zero-order valence-electron chi connectivity index (χ0n) is 8.63. The average Bonchev–Trinajstić information content (AvgIpc) is 2.38. The highest BCUT2D eigenvalue weighted by Crippen LogP contribution is 1.99. The van der Waals surface area contributed by atoms with Crippen LogP contribution in [0.15, 0.2) is 49.1 Å². The molecular formula is C12H11N3S. The molecule has 2 rings (SSSR count). The molecule has 0 saturated heterocycles. The maximum atomic E-state index is 5.25. The number of hydrogen-bond donors (Lipinski definition) is 1. The molecule has 0 unspecified atom stereocenters. The monoisotopic (exact) mass is 229 g/mol. The number of nitrogens with zero attached hydrogens (tertiary/aromatic N) is 2. The predicted octanol–water partition coefficient (Wildman–Crippen LogP) is 1.94. The van der Waals surface area contributed by atoms with E-state index in [0.717, 1.165) is 11.1 Å². The molecule has 0 radical (unpaired) electrons. The maximum absolute atomic E-state index is 5.25. The van der Waals surface area contributed by atoms with Crippen LogP contribution in [0.5, 0.6) is 0 Å². The third-order valence-electron chi connectivity index (χ3n) is 2.10. The Morgan fingerprint density at radius 2 is 1.88 bits per heavy atom. The molecule has 1 N–H and O–H groups in total. The Labute approximate surface area is 99.6 Å². The zero-order chi connectivity index (χ0) is 11.2. The summed E-state index contributed by atoms with van der Waals surface area (Å²) in [6.07, 6.45) is 7.05. The minimum atomic E-state index is 0.682. The first-order valence-electron chi connectivity index (χ1n) is 4.93. The largest absolute Gasteiger partial charge is 0.372 e. The molecule has 0 saturated carbocycles. The topological polar surface area (TPSA) is 37.8 Å². The van der Waals surface area contributed by atoms with Crippen LogP contribution in [0.4, 0.5) is 0 Å². The molecule has 0 aliphatic carbocycles. The second-order valence-electron chi connectivity index (χ2n) is 3.29. The molecule has 0 spiro atoms. The van der Waals surface area contributed by atoms with Gasteiger partial charge in [0.15, 0.2) is 0 Å². The van der Waals surface area contributed by atoms with Crippen LogP contribution in [0.2, 0.25) is 0 Å². The lowest BCUT2D eigenvalue weighted by Gasteiger charge is -2.06. The van der Waals surface area contributed by atoms with E-state index in [0.29, 0.717) is 11.5 Å². The van der Waals surface area contributed by atoms with Crippen LogP contribution in [-0.4, -0.2) is 15.0 Å². The second-order valence-corrected chi connectivity index (χ2v) is 3.69. The van der Waals surface area contributed by atoms with Crippen LogP contribution < -0.4 is 5.32 Å². The number of rotatable bonds is 3. The summed E-state index contributed by atoms with van der Waals surface area (Å²) in [7, 11) is 0. The highest BCUT2D eigenvalue weighted by atomic mass is 32.1. The first kappa shape index (κ1) is 10.7. The van der Waals surface area contributed by atoms with Crippen molar-refractivity contribution in [1.82, 2.24) is 15.3 Å². The Bertz CT molecular complexity index is 456. The lowest BCUT2D eigenvalue weighted by atomic mass is 10.2. The number of pyridine rings is 2. The van der Waals surface area contributed by atoms with Crippen LogP contribution in [0, 0.1) is 0 Å². The maximum Gasteiger partial charge on any atom is 0.108 e. The molecule has 16 heavy (non-hydrogen) atoms. The van der Waals surface area contributed by atoms with Crippen LogP contribution >= 0.6 is 12.2 Å². The van der Waals surface area contributed by atoms with E-state index in [2.05, 4.69) is 15.3 Å². The molecule has 2 heterocycles. The van der Waals surface area contributed by atoms with Gasteiger partial charge in [-0.2, -0.15) is 0 Å². The molecule has 80 valence electrons. The number of aromatic nitrogens is 2. The van der Waals surface area contributed by atoms with Crippen LogP contribution in [0.1, 0.15) is 11.1 Å². The van der Waals surface area contributed by atoms with Crippen molar-refractivity contribution in [3.63, 3.8) is 0 Å². The molecule has 0 bridgehead atoms. The molecule has 0 amide bonds. The van der Waals surface area contributed by atoms with E-state index >= 15 is 0 Å². The fraction of sp³-hybridized carbons (Fsp3) is 0.0833. The van der Waals surface area contributed by atoms with Gasteiger partial charge in [0.1, 0.15) is 4.99 Å². The first-order chi connectivity index (χ1) is 7.86. The van der Waals surface area contributed by atoms with Gasteiger partial charge in [-0.1, -0.05) is 18.3 Å². The van der Waals surface area contributed by atoms with Gasteiger partial charge in [0.2, 0.25) is 0 Å². The Morgan fingerprint density at radius 3 is 2.50 bits per heavy atom. The highest BCUT2D eigenvalue weighted by molar-refractivity contribution is 7.80. The average molecular weight is 229 g/mol. The predicted molar refractivity (Wildman–Crippen MR) is 67.0 cm³/mol. The third-order valence-corrected chi connectivity index (χ3v) is 2.48. The number of hydrogen-bond acceptors (Lipinski definition) is 3. The van der Waals surface area contributed by atoms with Crippen molar-refractivity contribution in [3.8, 4) is 0 Å². The SMILES string of the molecule is S=C(NCc1cccnc1)c1cccnc1. The van der Waals surface area contributed by atoms with Crippen molar-refractivity contribution < 1.29 is 0 Å². The summed E-state index contributed by atoms with van der Waals surface area (Å²) in [6, 6.07) is 7.72. The van der Waals surface area contributed by atoms with E-state index < -0.39 is 0 Å². The molecule has 0 aromatic carbocycles. The first-order valence-corrected chi connectivity index (χ1v) is 5.34. The van der Waals surface area contributed by atoms with E-state index in [-0.39, 0.29) is 0 Å². The summed E-state index contributed by atoms with van der Waals surface area (Å²) in [5.74, 6) is 0. The molecule has 0 aliphatic heterocycles. The van der Waals surface area contributed by atoms with Gasteiger partial charge in [0.25, 0.3) is 0 Å². The summed E-state index contributed by atoms with van der Waals surface area (Å²) >= 11 is 5.25. The van der Waals surface area contributed by atoms with Crippen molar-refractivity contribution in [2.24, 2.45) is 0 Å². The van der Waals surface area contributed by atoms with Gasteiger partial charge in [-0.15, -0.1) is 0 Å². The zero-order valence-corrected chi connectivity index (χ0v) is 9.45. The van der Waals surface area contributed by atoms with Gasteiger partial charge in [-0.05, 0) is 23.8 Å². The summed E-state index contributed by atoms with van der Waals surface area (Å²) in [5, 5.41) is 3.17. The van der Waals surface area contributed by atoms with Crippen LogP contribution in [-0.2, 0) is 6.54 Å². The number of nitrogens with one attached hydrogen (secondary N) is 1. The van der Waals surface area contributed by atoms with E-state index in [1.807, 2.05) is 30.5 Å². The van der Waals surface area contributed by atoms with Gasteiger partial charge >= 0.3 is 0 Å². The van der Waals surface area contributed by atoms with Gasteiger partial charge in [0, 0.05) is 36.9 Å². The Kier molecular flexibility index (Phi) is 3.56. The normalized spacial score (nSPS) is 9.75. The molecule has 0 fully saturated rings. The summed E-state index contributed by atoms with van der Waals surface area (Å²) < 4.78 is 0. The molecule has 0 aliphatic rings.